The summed E-state index contributed by atoms with van der Waals surface area (Å²) in [5.74, 6) is -1.53. The summed E-state index contributed by atoms with van der Waals surface area (Å²) in [7, 11) is -4.33. The molecule has 0 unspecified atom stereocenters. The van der Waals surface area contributed by atoms with Crippen LogP contribution < -0.4 is 10.1 Å². The lowest BCUT2D eigenvalue weighted by atomic mass is 10.1. The quantitative estimate of drug-likeness (QED) is 0.515. The highest BCUT2D eigenvalue weighted by Gasteiger charge is 2.34. The zero-order chi connectivity index (χ0) is 23.4. The number of hydrogen-bond acceptors (Lipinski definition) is 6. The van der Waals surface area contributed by atoms with Gasteiger partial charge in [0.1, 0.15) is 16.4 Å². The van der Waals surface area contributed by atoms with Gasteiger partial charge in [-0.1, -0.05) is 18.2 Å². The molecular weight excluding hydrogens is 447 g/mol. The molecule has 0 saturated carbocycles. The predicted octanol–water partition coefficient (Wildman–Crippen LogP) is 4.01. The Balaban J connectivity index is 1.75. The number of ether oxygens (including phenoxy) is 1. The van der Waals surface area contributed by atoms with Crippen LogP contribution in [0.1, 0.15) is 5.56 Å². The fourth-order valence-electron chi connectivity index (χ4n) is 2.72. The Hall–Kier alpha value is -3.73. The molecule has 3 rings (SSSR count). The van der Waals surface area contributed by atoms with Crippen molar-refractivity contribution >= 4 is 27.1 Å². The number of carbonyl (C=O) groups excluding carboxylic acids is 1. The maximum Gasteiger partial charge on any atom is 0.573 e. The topological polar surface area (TPSA) is 109 Å². The van der Waals surface area contributed by atoms with Crippen LogP contribution in [0.2, 0.25) is 0 Å². The van der Waals surface area contributed by atoms with Crippen molar-refractivity contribution in [2.75, 3.05) is 5.32 Å². The number of pyridine rings is 1. The van der Waals surface area contributed by atoms with Gasteiger partial charge in [0.05, 0.1) is 4.90 Å². The SMILES string of the molecule is N=C(Cc1cccnc1)C(=O)Nc1ccc(S(=O)(=O)c2ccccc2OC(F)(F)F)cc1. The van der Waals surface area contributed by atoms with Crippen LogP contribution in [0.4, 0.5) is 18.9 Å². The number of nitrogens with zero attached hydrogens (tertiary/aromatic N) is 1. The molecule has 166 valence electrons. The van der Waals surface area contributed by atoms with Gasteiger partial charge in [-0.15, -0.1) is 13.2 Å². The Kier molecular flexibility index (Phi) is 6.58. The normalized spacial score (nSPS) is 11.6. The van der Waals surface area contributed by atoms with E-state index in [-0.39, 0.29) is 22.7 Å². The van der Waals surface area contributed by atoms with Gasteiger partial charge in [0.15, 0.2) is 0 Å². The number of halogens is 3. The fraction of sp³-hybridized carbons (Fsp3) is 0.0952. The van der Waals surface area contributed by atoms with Crippen LogP contribution in [0.15, 0.2) is 82.8 Å². The third-order valence-electron chi connectivity index (χ3n) is 4.16. The maximum atomic E-state index is 12.8. The average Bonchev–Trinajstić information content (AvgIpc) is 2.74. The van der Waals surface area contributed by atoms with Crippen molar-refractivity contribution in [3.8, 4) is 5.75 Å². The molecule has 7 nitrogen and oxygen atoms in total. The smallest absolute Gasteiger partial charge is 0.404 e. The lowest BCUT2D eigenvalue weighted by molar-refractivity contribution is -0.275. The summed E-state index contributed by atoms with van der Waals surface area (Å²) in [5, 5.41) is 10.4. The summed E-state index contributed by atoms with van der Waals surface area (Å²) < 4.78 is 67.3. The third-order valence-corrected chi connectivity index (χ3v) is 5.97. The first kappa shape index (κ1) is 22.9. The van der Waals surface area contributed by atoms with E-state index >= 15 is 0 Å². The van der Waals surface area contributed by atoms with Crippen LogP contribution in [-0.4, -0.2) is 31.4 Å². The van der Waals surface area contributed by atoms with E-state index in [2.05, 4.69) is 15.0 Å². The maximum absolute atomic E-state index is 12.8. The molecule has 0 aliphatic carbocycles. The molecule has 0 spiro atoms. The van der Waals surface area contributed by atoms with Crippen LogP contribution in [0.25, 0.3) is 0 Å². The average molecular weight is 463 g/mol. The van der Waals surface area contributed by atoms with Crippen molar-refractivity contribution in [2.45, 2.75) is 22.6 Å². The summed E-state index contributed by atoms with van der Waals surface area (Å²) in [6.07, 6.45) is -1.90. The number of amides is 1. The molecule has 11 heteroatoms. The molecule has 32 heavy (non-hydrogen) atoms. The second kappa shape index (κ2) is 9.18. The molecule has 2 N–H and O–H groups in total. The van der Waals surface area contributed by atoms with Crippen molar-refractivity contribution in [1.82, 2.24) is 4.98 Å². The molecule has 0 aliphatic heterocycles. The Morgan fingerprint density at radius 3 is 2.34 bits per heavy atom. The van der Waals surface area contributed by atoms with E-state index in [1.807, 2.05) is 0 Å². The molecule has 0 fully saturated rings. The van der Waals surface area contributed by atoms with Gasteiger partial charge in [0, 0.05) is 24.5 Å². The number of aromatic nitrogens is 1. The van der Waals surface area contributed by atoms with Crippen LogP contribution in [0, 0.1) is 5.41 Å². The Morgan fingerprint density at radius 1 is 1.03 bits per heavy atom. The van der Waals surface area contributed by atoms with E-state index in [4.69, 9.17) is 5.41 Å². The molecule has 1 aromatic heterocycles. The first-order valence-electron chi connectivity index (χ1n) is 9.04. The summed E-state index contributed by atoms with van der Waals surface area (Å²) in [6.45, 7) is 0. The van der Waals surface area contributed by atoms with Crippen molar-refractivity contribution in [1.29, 1.82) is 5.41 Å². The first-order valence-corrected chi connectivity index (χ1v) is 10.5. The molecule has 0 atom stereocenters. The standard InChI is InChI=1S/C21H16F3N3O4S/c22-21(23,24)31-18-5-1-2-6-19(18)32(29,30)16-9-7-15(8-10-16)27-20(28)17(25)12-14-4-3-11-26-13-14/h1-11,13,25H,12H2,(H,27,28). The minimum Gasteiger partial charge on any atom is -0.404 e. The molecule has 0 bridgehead atoms. The van der Waals surface area contributed by atoms with Gasteiger partial charge in [-0.05, 0) is 48.0 Å². The van der Waals surface area contributed by atoms with Crippen molar-refractivity contribution in [3.05, 3.63) is 78.6 Å². The molecule has 3 aromatic rings. The van der Waals surface area contributed by atoms with Crippen LogP contribution >= 0.6 is 0 Å². The number of nitrogens with one attached hydrogen (secondary N) is 2. The van der Waals surface area contributed by atoms with Crippen molar-refractivity contribution < 1.29 is 31.1 Å². The van der Waals surface area contributed by atoms with Crippen LogP contribution in [0.3, 0.4) is 0 Å². The molecule has 1 amide bonds. The van der Waals surface area contributed by atoms with Crippen molar-refractivity contribution in [2.24, 2.45) is 0 Å². The Labute approximate surface area is 181 Å². The fourth-order valence-corrected chi connectivity index (χ4v) is 4.10. The Morgan fingerprint density at radius 2 is 1.72 bits per heavy atom. The van der Waals surface area contributed by atoms with E-state index in [1.54, 1.807) is 18.3 Å². The first-order chi connectivity index (χ1) is 15.1. The second-order valence-corrected chi connectivity index (χ2v) is 8.41. The molecule has 2 aromatic carbocycles. The van der Waals surface area contributed by atoms with Gasteiger partial charge in [0.2, 0.25) is 9.84 Å². The van der Waals surface area contributed by atoms with E-state index in [0.29, 0.717) is 5.56 Å². The van der Waals surface area contributed by atoms with E-state index < -0.39 is 32.8 Å². The van der Waals surface area contributed by atoms with E-state index in [0.717, 1.165) is 24.3 Å². The van der Waals surface area contributed by atoms with Gasteiger partial charge >= 0.3 is 6.36 Å². The number of alkyl halides is 3. The number of carbonyl (C=O) groups is 1. The van der Waals surface area contributed by atoms with E-state index in [1.165, 1.54) is 30.5 Å². The van der Waals surface area contributed by atoms with E-state index in [9.17, 15) is 26.4 Å². The molecule has 0 aliphatic rings. The largest absolute Gasteiger partial charge is 0.573 e. The lowest BCUT2D eigenvalue weighted by Gasteiger charge is -2.14. The highest BCUT2D eigenvalue weighted by atomic mass is 32.2. The van der Waals surface area contributed by atoms with Crippen LogP contribution in [-0.2, 0) is 21.1 Å². The zero-order valence-corrected chi connectivity index (χ0v) is 17.1. The minimum absolute atomic E-state index is 0.0577. The second-order valence-electron chi connectivity index (χ2n) is 6.49. The zero-order valence-electron chi connectivity index (χ0n) is 16.3. The molecular formula is C21H16F3N3O4S. The summed E-state index contributed by atoms with van der Waals surface area (Å²) in [5.41, 5.74) is 0.659. The molecule has 0 saturated heterocycles. The Bertz CT molecular complexity index is 1230. The van der Waals surface area contributed by atoms with Gasteiger partial charge in [-0.25, -0.2) is 8.42 Å². The van der Waals surface area contributed by atoms with Gasteiger partial charge < -0.3 is 10.1 Å². The van der Waals surface area contributed by atoms with Gasteiger partial charge in [-0.3, -0.25) is 15.2 Å². The number of rotatable bonds is 7. The van der Waals surface area contributed by atoms with Gasteiger partial charge in [-0.2, -0.15) is 0 Å². The molecule has 0 radical (unpaired) electrons. The highest BCUT2D eigenvalue weighted by Crippen LogP contribution is 2.33. The number of anilines is 1. The summed E-state index contributed by atoms with van der Waals surface area (Å²) in [4.78, 5) is 15.2. The predicted molar refractivity (Wildman–Crippen MR) is 109 cm³/mol. The summed E-state index contributed by atoms with van der Waals surface area (Å²) >= 11 is 0. The minimum atomic E-state index is -5.06. The van der Waals surface area contributed by atoms with Crippen LogP contribution in [0.5, 0.6) is 5.75 Å². The number of hydrogen-bond donors (Lipinski definition) is 2. The third kappa shape index (κ3) is 5.70. The van der Waals surface area contributed by atoms with Crippen molar-refractivity contribution in [3.63, 3.8) is 0 Å². The molecule has 1 heterocycles. The monoisotopic (exact) mass is 463 g/mol. The number of para-hydroxylation sites is 1. The van der Waals surface area contributed by atoms with Gasteiger partial charge in [0.25, 0.3) is 5.91 Å². The highest BCUT2D eigenvalue weighted by molar-refractivity contribution is 7.91. The number of benzene rings is 2. The summed E-state index contributed by atoms with van der Waals surface area (Å²) in [6, 6.07) is 12.6. The lowest BCUT2D eigenvalue weighted by Crippen LogP contribution is -2.23. The number of sulfone groups is 1.